The van der Waals surface area contributed by atoms with Crippen molar-refractivity contribution in [2.75, 3.05) is 33.0 Å². The number of aliphatic hydroxyl groups is 16. The highest BCUT2D eigenvalue weighted by Crippen LogP contribution is 2.34. The van der Waals surface area contributed by atoms with Crippen LogP contribution in [0.1, 0.15) is 13.8 Å². The number of carbonyl (C=O) groups is 1. The van der Waals surface area contributed by atoms with Crippen LogP contribution in [-0.4, -0.2) is 268 Å². The van der Waals surface area contributed by atoms with E-state index in [1.807, 2.05) is 0 Å². The van der Waals surface area contributed by atoms with Crippen molar-refractivity contribution >= 4 is 5.91 Å². The second-order valence-corrected chi connectivity index (χ2v) is 14.4. The van der Waals surface area contributed by atoms with Gasteiger partial charge in [0.1, 0.15) is 116 Å². The van der Waals surface area contributed by atoms with E-state index in [9.17, 15) is 86.5 Å². The molecule has 0 aromatic carbocycles. The molecular formula is C32H57NO25. The van der Waals surface area contributed by atoms with Crippen LogP contribution in [-0.2, 0) is 42.7 Å². The highest BCUT2D eigenvalue weighted by molar-refractivity contribution is 5.73. The minimum atomic E-state index is -2.21. The van der Waals surface area contributed by atoms with Gasteiger partial charge < -0.3 is 125 Å². The predicted octanol–water partition coefficient (Wildman–Crippen LogP) is -11.1. The first-order valence-corrected chi connectivity index (χ1v) is 18.4. The summed E-state index contributed by atoms with van der Waals surface area (Å²) in [5.41, 5.74) is 0. The maximum absolute atomic E-state index is 12.3. The van der Waals surface area contributed by atoms with Crippen molar-refractivity contribution in [1.82, 2.24) is 5.32 Å². The predicted molar refractivity (Wildman–Crippen MR) is 179 cm³/mol. The molecule has 1 amide bonds. The fourth-order valence-corrected chi connectivity index (χ4v) is 6.97. The summed E-state index contributed by atoms with van der Waals surface area (Å²) in [5, 5.41) is 169. The first-order chi connectivity index (χ1) is 27.3. The van der Waals surface area contributed by atoms with Gasteiger partial charge in [0, 0.05) is 6.92 Å². The van der Waals surface area contributed by atoms with Crippen molar-refractivity contribution in [2.45, 2.75) is 161 Å². The Kier molecular flexibility index (Phi) is 18.3. The van der Waals surface area contributed by atoms with Crippen LogP contribution in [0.15, 0.2) is 0 Å². The molecule has 4 fully saturated rings. The molecule has 4 aliphatic heterocycles. The smallest absolute Gasteiger partial charge is 0.217 e. The molecule has 26 nitrogen and oxygen atoms in total. The molecule has 58 heavy (non-hydrogen) atoms. The third-order valence-electron chi connectivity index (χ3n) is 10.3. The summed E-state index contributed by atoms with van der Waals surface area (Å²) < 4.78 is 44.9. The Labute approximate surface area is 329 Å². The molecule has 4 heterocycles. The van der Waals surface area contributed by atoms with Crippen molar-refractivity contribution in [3.8, 4) is 0 Å². The number of nitrogens with one attached hydrogen (secondary N) is 1. The van der Waals surface area contributed by atoms with E-state index in [0.717, 1.165) is 6.92 Å². The van der Waals surface area contributed by atoms with Crippen LogP contribution >= 0.6 is 0 Å². The van der Waals surface area contributed by atoms with E-state index < -0.39 is 186 Å². The first kappa shape index (κ1) is 49.2. The summed E-state index contributed by atoms with van der Waals surface area (Å²) in [4.78, 5) is 12.3. The summed E-state index contributed by atoms with van der Waals surface area (Å²) >= 11 is 0. The second-order valence-electron chi connectivity index (χ2n) is 14.4. The van der Waals surface area contributed by atoms with Gasteiger partial charge in [0.2, 0.25) is 5.91 Å². The Bertz CT molecular complexity index is 1260. The molecule has 0 bridgehead atoms. The van der Waals surface area contributed by atoms with Crippen LogP contribution in [0.3, 0.4) is 0 Å². The Balaban J connectivity index is 1.60. The summed E-state index contributed by atoms with van der Waals surface area (Å²) in [5.74, 6) is -0.810. The quantitative estimate of drug-likeness (QED) is 0.0646. The average Bonchev–Trinajstić information content (AvgIpc) is 3.20. The van der Waals surface area contributed by atoms with Gasteiger partial charge in [-0.2, -0.15) is 0 Å². The van der Waals surface area contributed by atoms with Crippen molar-refractivity contribution in [3.63, 3.8) is 0 Å². The fraction of sp³-hybridized carbons (Fsp3) is 0.969. The lowest BCUT2D eigenvalue weighted by Gasteiger charge is -2.49. The SMILES string of the molecule is CC(=O)N[C@H]1[C@H](O[C@H]2[C@@H](O)[C@@H](CO)O[C@@H](O[C@@H]([C@H](O[C@@H]3O[C@@H](C)[C@@H](O)[C@@H](O)[C@@H]3O)[C@@H](O)CO)[C@H](O)CO)[C@@H]2O)O[C@H](CO)[C@@H](O[C@@H]2O[C@H](CO)[C@H](O)[C@H](O)[C@H]2O)[C@@H]1O. The molecule has 24 atom stereocenters. The summed E-state index contributed by atoms with van der Waals surface area (Å²) in [7, 11) is 0. The van der Waals surface area contributed by atoms with Gasteiger partial charge in [-0.3, -0.25) is 4.79 Å². The minimum Gasteiger partial charge on any atom is -0.394 e. The molecule has 4 rings (SSSR count). The van der Waals surface area contributed by atoms with E-state index >= 15 is 0 Å². The number of rotatable bonds is 17. The van der Waals surface area contributed by atoms with Crippen LogP contribution in [0, 0.1) is 0 Å². The van der Waals surface area contributed by atoms with Gasteiger partial charge in [0.15, 0.2) is 25.2 Å². The first-order valence-electron chi connectivity index (χ1n) is 18.4. The molecule has 0 saturated carbocycles. The zero-order valence-corrected chi connectivity index (χ0v) is 31.2. The summed E-state index contributed by atoms with van der Waals surface area (Å²) in [6, 6.07) is -1.70. The zero-order valence-electron chi connectivity index (χ0n) is 31.2. The van der Waals surface area contributed by atoms with Gasteiger partial charge in [-0.05, 0) is 6.92 Å². The lowest BCUT2D eigenvalue weighted by molar-refractivity contribution is -0.377. The number of hydrogen-bond acceptors (Lipinski definition) is 25. The molecule has 4 saturated heterocycles. The van der Waals surface area contributed by atoms with E-state index in [1.165, 1.54) is 6.92 Å². The summed E-state index contributed by atoms with van der Waals surface area (Å²) in [6.07, 6.45) is -42.6. The third-order valence-corrected chi connectivity index (χ3v) is 10.3. The van der Waals surface area contributed by atoms with Gasteiger partial charge >= 0.3 is 0 Å². The standard InChI is InChI=1S/C32H57NO25/c1-8-16(42)20(46)22(48)30(51-8)55-25(10(40)3-34)26(11(41)4-35)56-32-24(50)28(18(44)13(6-37)53-32)58-29-15(33-9(2)39)19(45)27(14(7-38)54-29)57-31-23(49)21(47)17(43)12(5-36)52-31/h8,10-32,34-38,40-50H,3-7H2,1-2H3,(H,33,39)/t8-,10-,11+,12+,13+,14+,15+,16+,17-,18-,19+,20+,21-,22-,23+,24+,25+,26+,27+,28-,29-,30-,31-,32-/m0/s1. The van der Waals surface area contributed by atoms with E-state index in [4.69, 9.17) is 37.9 Å². The van der Waals surface area contributed by atoms with Crippen LogP contribution in [0.25, 0.3) is 0 Å². The van der Waals surface area contributed by atoms with Crippen molar-refractivity contribution in [3.05, 3.63) is 0 Å². The molecular weight excluding hydrogens is 798 g/mol. The van der Waals surface area contributed by atoms with Gasteiger partial charge in [0.25, 0.3) is 0 Å². The lowest BCUT2D eigenvalue weighted by Crippen LogP contribution is -2.69. The van der Waals surface area contributed by atoms with E-state index in [2.05, 4.69) is 5.32 Å². The normalized spacial score (nSPS) is 45.9. The molecule has 0 aromatic rings. The zero-order chi connectivity index (χ0) is 43.3. The minimum absolute atomic E-state index is 0.810. The fourth-order valence-electron chi connectivity index (χ4n) is 6.97. The molecule has 0 aromatic heterocycles. The van der Waals surface area contributed by atoms with Crippen LogP contribution in [0.2, 0.25) is 0 Å². The van der Waals surface area contributed by atoms with Crippen molar-refractivity contribution in [1.29, 1.82) is 0 Å². The second kappa shape index (κ2) is 21.5. The molecule has 340 valence electrons. The maximum atomic E-state index is 12.3. The van der Waals surface area contributed by atoms with Crippen molar-refractivity contribution < 1.29 is 124 Å². The van der Waals surface area contributed by atoms with Gasteiger partial charge in [0.05, 0.1) is 39.1 Å². The van der Waals surface area contributed by atoms with Crippen LogP contribution < -0.4 is 5.32 Å². The Hall–Kier alpha value is -1.49. The number of aliphatic hydroxyl groups excluding tert-OH is 16. The Morgan fingerprint density at radius 1 is 0.534 bits per heavy atom. The Morgan fingerprint density at radius 3 is 1.50 bits per heavy atom. The molecule has 0 radical (unpaired) electrons. The number of carbonyl (C=O) groups excluding carboxylic acids is 1. The third kappa shape index (κ3) is 10.7. The summed E-state index contributed by atoms with van der Waals surface area (Å²) in [6.45, 7) is -2.73. The highest BCUT2D eigenvalue weighted by Gasteiger charge is 2.55. The highest BCUT2D eigenvalue weighted by atomic mass is 16.8. The van der Waals surface area contributed by atoms with Gasteiger partial charge in [-0.1, -0.05) is 0 Å². The molecule has 0 spiro atoms. The largest absolute Gasteiger partial charge is 0.394 e. The lowest BCUT2D eigenvalue weighted by atomic mass is 9.94. The number of ether oxygens (including phenoxy) is 8. The van der Waals surface area contributed by atoms with Gasteiger partial charge in [-0.25, -0.2) is 0 Å². The maximum Gasteiger partial charge on any atom is 0.217 e. The van der Waals surface area contributed by atoms with Crippen LogP contribution in [0.4, 0.5) is 0 Å². The molecule has 4 aliphatic rings. The van der Waals surface area contributed by atoms with Gasteiger partial charge in [-0.15, -0.1) is 0 Å². The van der Waals surface area contributed by atoms with E-state index in [0.29, 0.717) is 0 Å². The van der Waals surface area contributed by atoms with E-state index in [-0.39, 0.29) is 0 Å². The topological polar surface area (TPSA) is 427 Å². The number of hydrogen-bond donors (Lipinski definition) is 17. The van der Waals surface area contributed by atoms with Crippen molar-refractivity contribution in [2.24, 2.45) is 0 Å². The monoisotopic (exact) mass is 855 g/mol. The molecule has 0 aliphatic carbocycles. The van der Waals surface area contributed by atoms with E-state index in [1.54, 1.807) is 0 Å². The molecule has 17 N–H and O–H groups in total. The average molecular weight is 856 g/mol. The number of amides is 1. The van der Waals surface area contributed by atoms with Crippen LogP contribution in [0.5, 0.6) is 0 Å². The molecule has 26 heteroatoms. The molecule has 0 unspecified atom stereocenters. The Morgan fingerprint density at radius 2 is 0.983 bits per heavy atom.